The Morgan fingerprint density at radius 2 is 1.53 bits per heavy atom. The van der Waals surface area contributed by atoms with Crippen molar-refractivity contribution in [1.29, 1.82) is 5.26 Å². The highest BCUT2D eigenvalue weighted by Crippen LogP contribution is 2.41. The van der Waals surface area contributed by atoms with Gasteiger partial charge in [0, 0.05) is 12.8 Å². The lowest BCUT2D eigenvalue weighted by Crippen LogP contribution is -2.56. The van der Waals surface area contributed by atoms with Crippen LogP contribution < -0.4 is 19.5 Å². The molecule has 0 bridgehead atoms. The van der Waals surface area contributed by atoms with E-state index in [-0.39, 0.29) is 26.0 Å². The fraction of sp³-hybridized carbons (Fsp3) is 0.277. The van der Waals surface area contributed by atoms with Gasteiger partial charge in [-0.25, -0.2) is 9.59 Å². The summed E-state index contributed by atoms with van der Waals surface area (Å²) in [4.78, 5) is 42.4. The summed E-state index contributed by atoms with van der Waals surface area (Å²) in [6, 6.07) is 31.5. The zero-order valence-electron chi connectivity index (χ0n) is 33.5. The molecule has 3 atom stereocenters. The van der Waals surface area contributed by atoms with E-state index in [1.54, 1.807) is 45.0 Å². The van der Waals surface area contributed by atoms with Gasteiger partial charge in [0.25, 0.3) is 0 Å². The summed E-state index contributed by atoms with van der Waals surface area (Å²) < 4.78 is 29.5. The van der Waals surface area contributed by atoms with Crippen molar-refractivity contribution < 1.29 is 38.1 Å². The number of esters is 1. The van der Waals surface area contributed by atoms with Gasteiger partial charge in [0.2, 0.25) is 5.91 Å². The van der Waals surface area contributed by atoms with Gasteiger partial charge in [0.05, 0.1) is 35.3 Å². The average Bonchev–Trinajstić information content (AvgIpc) is 3.24. The van der Waals surface area contributed by atoms with Gasteiger partial charge in [0.1, 0.15) is 36.6 Å². The molecule has 0 radical (unpaired) electrons. The molecule has 0 spiro atoms. The molecule has 2 aliphatic rings. The van der Waals surface area contributed by atoms with Gasteiger partial charge in [-0.15, -0.1) is 0 Å². The van der Waals surface area contributed by atoms with Crippen LogP contribution >= 0.6 is 23.2 Å². The first-order valence-corrected chi connectivity index (χ1v) is 20.1. The van der Waals surface area contributed by atoms with Crippen LogP contribution in [0.3, 0.4) is 0 Å². The normalized spacial score (nSPS) is 16.1. The van der Waals surface area contributed by atoms with Crippen molar-refractivity contribution in [1.82, 2.24) is 10.2 Å². The van der Waals surface area contributed by atoms with E-state index in [1.165, 1.54) is 12.0 Å². The SMILES string of the molecule is COC(=O)[C@H](Cc1ccc(-c2ccc(C#N)cc2)cc1)NC(=O)C1Cc2cc3c(cc2CN1C(=O)OC(C)(C)C)O[C@@H](c1ccc(OCc2ccc(Cl)c(Cl)c2)cc1)CO3. The second kappa shape index (κ2) is 18.0. The van der Waals surface area contributed by atoms with Crippen molar-refractivity contribution in [2.24, 2.45) is 0 Å². The fourth-order valence-electron chi connectivity index (χ4n) is 7.05. The maximum atomic E-state index is 14.2. The number of halogens is 2. The number of rotatable bonds is 10. The number of fused-ring (bicyclic) bond motifs is 2. The number of amides is 2. The smallest absolute Gasteiger partial charge is 0.411 e. The molecular formula is C47H43Cl2N3O8. The van der Waals surface area contributed by atoms with E-state index in [2.05, 4.69) is 11.4 Å². The van der Waals surface area contributed by atoms with E-state index in [1.807, 2.05) is 78.9 Å². The molecule has 2 amide bonds. The third-order valence-electron chi connectivity index (χ3n) is 10.2. The second-order valence-electron chi connectivity index (χ2n) is 15.6. The number of nitrogens with zero attached hydrogens (tertiary/aromatic N) is 2. The Labute approximate surface area is 358 Å². The highest BCUT2D eigenvalue weighted by molar-refractivity contribution is 6.42. The fourth-order valence-corrected chi connectivity index (χ4v) is 7.37. The number of nitriles is 1. The lowest BCUT2D eigenvalue weighted by molar-refractivity contribution is -0.145. The molecular weight excluding hydrogens is 805 g/mol. The van der Waals surface area contributed by atoms with E-state index in [0.717, 1.165) is 38.9 Å². The molecule has 5 aromatic rings. The van der Waals surface area contributed by atoms with Gasteiger partial charge in [-0.2, -0.15) is 5.26 Å². The van der Waals surface area contributed by atoms with Crippen molar-refractivity contribution in [3.8, 4) is 34.4 Å². The number of carbonyl (C=O) groups excluding carboxylic acids is 3. The molecule has 0 saturated heterocycles. The van der Waals surface area contributed by atoms with Crippen LogP contribution in [0.15, 0.2) is 103 Å². The number of benzene rings is 5. The first-order valence-electron chi connectivity index (χ1n) is 19.4. The summed E-state index contributed by atoms with van der Waals surface area (Å²) >= 11 is 12.2. The van der Waals surface area contributed by atoms with Gasteiger partial charge >= 0.3 is 12.1 Å². The molecule has 2 aliphatic heterocycles. The zero-order chi connectivity index (χ0) is 42.6. The van der Waals surface area contributed by atoms with Crippen LogP contribution in [0.5, 0.6) is 17.2 Å². The van der Waals surface area contributed by atoms with Gasteiger partial charge in [0.15, 0.2) is 17.6 Å². The van der Waals surface area contributed by atoms with Crippen molar-refractivity contribution >= 4 is 41.2 Å². The molecule has 0 aromatic heterocycles. The van der Waals surface area contributed by atoms with E-state index < -0.39 is 41.8 Å². The first-order chi connectivity index (χ1) is 28.8. The minimum absolute atomic E-state index is 0.0498. The number of hydrogen-bond donors (Lipinski definition) is 1. The van der Waals surface area contributed by atoms with Crippen LogP contribution in [0.1, 0.15) is 60.3 Å². The van der Waals surface area contributed by atoms with Crippen LogP contribution in [0.4, 0.5) is 4.79 Å². The Morgan fingerprint density at radius 1 is 0.867 bits per heavy atom. The number of carbonyl (C=O) groups is 3. The quantitative estimate of drug-likeness (QED) is 0.137. The average molecular weight is 849 g/mol. The largest absolute Gasteiger partial charge is 0.489 e. The van der Waals surface area contributed by atoms with E-state index in [4.69, 9.17) is 52.1 Å². The van der Waals surface area contributed by atoms with E-state index in [0.29, 0.717) is 39.5 Å². The third kappa shape index (κ3) is 9.96. The molecule has 308 valence electrons. The Kier molecular flexibility index (Phi) is 12.5. The Hall–Kier alpha value is -6.22. The van der Waals surface area contributed by atoms with Crippen LogP contribution in [-0.2, 0) is 45.1 Å². The van der Waals surface area contributed by atoms with E-state index in [9.17, 15) is 14.4 Å². The van der Waals surface area contributed by atoms with Crippen LogP contribution in [-0.4, -0.2) is 54.3 Å². The van der Waals surface area contributed by atoms with Crippen molar-refractivity contribution in [3.63, 3.8) is 0 Å². The lowest BCUT2D eigenvalue weighted by atomic mass is 9.92. The lowest BCUT2D eigenvalue weighted by Gasteiger charge is -2.38. The molecule has 5 aromatic carbocycles. The summed E-state index contributed by atoms with van der Waals surface area (Å²) in [5, 5.41) is 12.9. The Balaban J connectivity index is 1.05. The van der Waals surface area contributed by atoms with Gasteiger partial charge in [-0.1, -0.05) is 77.8 Å². The van der Waals surface area contributed by atoms with E-state index >= 15 is 0 Å². The van der Waals surface area contributed by atoms with Crippen molar-refractivity contribution in [2.45, 2.75) is 70.6 Å². The molecule has 60 heavy (non-hydrogen) atoms. The zero-order valence-corrected chi connectivity index (χ0v) is 35.0. The van der Waals surface area contributed by atoms with Crippen LogP contribution in [0.2, 0.25) is 10.0 Å². The predicted molar refractivity (Wildman–Crippen MR) is 226 cm³/mol. The minimum Gasteiger partial charge on any atom is -0.489 e. The molecule has 1 N–H and O–H groups in total. The summed E-state index contributed by atoms with van der Waals surface area (Å²) in [6.07, 6.45) is -0.797. The number of nitrogens with one attached hydrogen (secondary N) is 1. The Morgan fingerprint density at radius 3 is 2.18 bits per heavy atom. The molecule has 0 aliphatic carbocycles. The predicted octanol–water partition coefficient (Wildman–Crippen LogP) is 9.19. The highest BCUT2D eigenvalue weighted by Gasteiger charge is 2.40. The topological polar surface area (TPSA) is 136 Å². The highest BCUT2D eigenvalue weighted by atomic mass is 35.5. The van der Waals surface area contributed by atoms with Crippen LogP contribution in [0, 0.1) is 11.3 Å². The molecule has 7 rings (SSSR count). The molecule has 1 unspecified atom stereocenters. The van der Waals surface area contributed by atoms with Gasteiger partial charge in [-0.3, -0.25) is 9.69 Å². The second-order valence-corrected chi connectivity index (χ2v) is 16.4. The van der Waals surface area contributed by atoms with Crippen LogP contribution in [0.25, 0.3) is 11.1 Å². The summed E-state index contributed by atoms with van der Waals surface area (Å²) in [6.45, 7) is 5.89. The monoisotopic (exact) mass is 847 g/mol. The maximum absolute atomic E-state index is 14.2. The minimum atomic E-state index is -1.04. The van der Waals surface area contributed by atoms with Gasteiger partial charge < -0.3 is 29.0 Å². The molecule has 13 heteroatoms. The molecule has 0 saturated carbocycles. The number of hydrogen-bond acceptors (Lipinski definition) is 9. The molecule has 11 nitrogen and oxygen atoms in total. The third-order valence-corrected chi connectivity index (χ3v) is 10.9. The maximum Gasteiger partial charge on any atom is 0.411 e. The summed E-state index contributed by atoms with van der Waals surface area (Å²) in [5.41, 5.74) is 5.73. The van der Waals surface area contributed by atoms with Crippen molar-refractivity contribution in [3.05, 3.63) is 147 Å². The number of ether oxygens (including phenoxy) is 5. The molecule has 0 fully saturated rings. The first kappa shape index (κ1) is 41.9. The van der Waals surface area contributed by atoms with Gasteiger partial charge in [-0.05, 0) is 108 Å². The standard InChI is InChI=1S/C47H43Cl2N3O8/c1-47(2,3)60-46(55)52-25-35-23-42-41(58-27-43(59-42)33-14-16-36(17-15-33)57-26-30-9-18-37(48)38(49)19-30)22-34(35)21-40(52)44(53)51-39(45(54)56-4)20-28-5-10-31(11-6-28)32-12-7-29(24-50)8-13-32/h5-19,22-23,39-40,43H,20-21,25-27H2,1-4H3,(H,51,53)/t39-,40?,43+/m0/s1. The summed E-state index contributed by atoms with van der Waals surface area (Å²) in [7, 11) is 1.26. The van der Waals surface area contributed by atoms with Crippen molar-refractivity contribution in [2.75, 3.05) is 13.7 Å². The number of methoxy groups -OCH3 is 1. The summed E-state index contributed by atoms with van der Waals surface area (Å²) in [5.74, 6) is 0.542. The molecule has 2 heterocycles. The Bertz CT molecular complexity index is 2430.